The maximum absolute atomic E-state index is 13.3. The SMILES string of the molecule is CSCCC(NC(=O)C(N)C(C)O)C(=O)NC(Cc1ccccc1)C(=O)NC(Cc1ccccc1)C(=O)O. The number of nitrogens with one attached hydrogen (secondary N) is 3. The number of hydrogen-bond donors (Lipinski definition) is 6. The third-order valence-electron chi connectivity index (χ3n) is 5.88. The number of aliphatic hydroxyl groups excluding tert-OH is 1. The number of hydrogen-bond acceptors (Lipinski definition) is 7. The summed E-state index contributed by atoms with van der Waals surface area (Å²) in [7, 11) is 0. The third kappa shape index (κ3) is 10.2. The van der Waals surface area contributed by atoms with E-state index in [4.69, 9.17) is 5.73 Å². The molecule has 11 heteroatoms. The molecule has 5 unspecified atom stereocenters. The first-order valence-electron chi connectivity index (χ1n) is 12.3. The molecule has 3 amide bonds. The van der Waals surface area contributed by atoms with Gasteiger partial charge in [-0.3, -0.25) is 14.4 Å². The number of nitrogens with two attached hydrogens (primary N) is 1. The molecule has 0 saturated heterocycles. The van der Waals surface area contributed by atoms with Crippen molar-refractivity contribution in [1.29, 1.82) is 0 Å². The van der Waals surface area contributed by atoms with Crippen LogP contribution in [0.3, 0.4) is 0 Å². The van der Waals surface area contributed by atoms with Crippen molar-refractivity contribution in [3.05, 3.63) is 71.8 Å². The van der Waals surface area contributed by atoms with Gasteiger partial charge in [-0.05, 0) is 36.5 Å². The summed E-state index contributed by atoms with van der Waals surface area (Å²) in [5, 5.41) is 27.2. The number of carboxylic acids is 1. The van der Waals surface area contributed by atoms with Crippen LogP contribution in [0.2, 0.25) is 0 Å². The zero-order valence-corrected chi connectivity index (χ0v) is 22.3. The molecular weight excluding hydrogens is 508 g/mol. The lowest BCUT2D eigenvalue weighted by molar-refractivity contribution is -0.142. The first-order valence-corrected chi connectivity index (χ1v) is 13.7. The van der Waals surface area contributed by atoms with Gasteiger partial charge in [0.2, 0.25) is 17.7 Å². The van der Waals surface area contributed by atoms with E-state index in [0.717, 1.165) is 11.1 Å². The van der Waals surface area contributed by atoms with E-state index in [9.17, 15) is 29.4 Å². The Morgan fingerprint density at radius 2 is 1.24 bits per heavy atom. The van der Waals surface area contributed by atoms with Crippen molar-refractivity contribution in [1.82, 2.24) is 16.0 Å². The maximum Gasteiger partial charge on any atom is 0.326 e. The molecule has 0 fully saturated rings. The van der Waals surface area contributed by atoms with Crippen molar-refractivity contribution in [3.8, 4) is 0 Å². The lowest BCUT2D eigenvalue weighted by Gasteiger charge is -2.25. The van der Waals surface area contributed by atoms with Crippen LogP contribution in [0.1, 0.15) is 24.5 Å². The van der Waals surface area contributed by atoms with E-state index in [1.54, 1.807) is 48.5 Å². The smallest absolute Gasteiger partial charge is 0.326 e. The van der Waals surface area contributed by atoms with Crippen LogP contribution in [-0.4, -0.2) is 76.2 Å². The first kappa shape index (κ1) is 30.8. The van der Waals surface area contributed by atoms with E-state index in [1.807, 2.05) is 18.4 Å². The normalized spacial score (nSPS) is 14.8. The van der Waals surface area contributed by atoms with Gasteiger partial charge in [-0.1, -0.05) is 60.7 Å². The number of carboxylic acid groups (broad SMARTS) is 1. The van der Waals surface area contributed by atoms with Gasteiger partial charge in [0.1, 0.15) is 24.2 Å². The Morgan fingerprint density at radius 1 is 0.789 bits per heavy atom. The zero-order valence-electron chi connectivity index (χ0n) is 21.5. The molecule has 38 heavy (non-hydrogen) atoms. The van der Waals surface area contributed by atoms with Crippen LogP contribution >= 0.6 is 11.8 Å². The predicted molar refractivity (Wildman–Crippen MR) is 146 cm³/mol. The summed E-state index contributed by atoms with van der Waals surface area (Å²) in [6.45, 7) is 1.37. The number of amides is 3. The van der Waals surface area contributed by atoms with E-state index in [2.05, 4.69) is 16.0 Å². The minimum Gasteiger partial charge on any atom is -0.480 e. The second-order valence-corrected chi connectivity index (χ2v) is 9.93. The van der Waals surface area contributed by atoms with Gasteiger partial charge in [-0.2, -0.15) is 11.8 Å². The van der Waals surface area contributed by atoms with Gasteiger partial charge in [0, 0.05) is 12.8 Å². The van der Waals surface area contributed by atoms with Gasteiger partial charge < -0.3 is 31.9 Å². The number of rotatable bonds is 15. The minimum absolute atomic E-state index is 0.0670. The van der Waals surface area contributed by atoms with Gasteiger partial charge in [0.25, 0.3) is 0 Å². The summed E-state index contributed by atoms with van der Waals surface area (Å²) in [5.41, 5.74) is 7.20. The third-order valence-corrected chi connectivity index (χ3v) is 6.52. The zero-order chi connectivity index (χ0) is 28.1. The summed E-state index contributed by atoms with van der Waals surface area (Å²) >= 11 is 1.47. The van der Waals surface area contributed by atoms with Crippen molar-refractivity contribution < 1.29 is 29.4 Å². The van der Waals surface area contributed by atoms with Crippen LogP contribution in [0.4, 0.5) is 0 Å². The molecule has 0 spiro atoms. The van der Waals surface area contributed by atoms with Crippen molar-refractivity contribution in [2.45, 2.75) is 56.5 Å². The molecule has 10 nitrogen and oxygen atoms in total. The fourth-order valence-corrected chi connectivity index (χ4v) is 4.12. The molecule has 5 atom stereocenters. The minimum atomic E-state index is -1.22. The van der Waals surface area contributed by atoms with Crippen molar-refractivity contribution >= 4 is 35.5 Å². The highest BCUT2D eigenvalue weighted by atomic mass is 32.2. The Morgan fingerprint density at radius 3 is 1.71 bits per heavy atom. The predicted octanol–water partition coefficient (Wildman–Crippen LogP) is 0.472. The lowest BCUT2D eigenvalue weighted by atomic mass is 10.0. The molecule has 0 aliphatic heterocycles. The summed E-state index contributed by atoms with van der Waals surface area (Å²) in [6, 6.07) is 13.3. The number of thioether (sulfide) groups is 1. The average Bonchev–Trinajstić information content (AvgIpc) is 2.90. The Hall–Kier alpha value is -3.41. The molecule has 0 aliphatic carbocycles. The second kappa shape index (κ2) is 15.8. The Kier molecular flexibility index (Phi) is 12.8. The standard InChI is InChI=1S/C27H36N4O6S/c1-17(32)23(28)26(35)29-20(13-14-38-2)24(33)30-21(15-18-9-5-3-6-10-18)25(34)31-22(27(36)37)16-19-11-7-4-8-12-19/h3-12,17,20-23,32H,13-16,28H2,1-2H3,(H,29,35)(H,30,33)(H,31,34)(H,36,37). The highest BCUT2D eigenvalue weighted by molar-refractivity contribution is 7.98. The maximum atomic E-state index is 13.3. The molecular formula is C27H36N4O6S. The Bertz CT molecular complexity index is 1050. The van der Waals surface area contributed by atoms with E-state index < -0.39 is 54.0 Å². The molecule has 2 rings (SSSR count). The van der Waals surface area contributed by atoms with E-state index in [-0.39, 0.29) is 19.3 Å². The molecule has 206 valence electrons. The number of aliphatic hydroxyl groups is 1. The summed E-state index contributed by atoms with van der Waals surface area (Å²) in [6.07, 6.45) is 1.16. The van der Waals surface area contributed by atoms with Crippen LogP contribution in [0.15, 0.2) is 60.7 Å². The Labute approximate surface area is 226 Å². The van der Waals surface area contributed by atoms with Crippen LogP contribution in [-0.2, 0) is 32.0 Å². The molecule has 0 radical (unpaired) electrons. The van der Waals surface area contributed by atoms with Gasteiger partial charge in [0.05, 0.1) is 6.10 Å². The molecule has 0 heterocycles. The second-order valence-electron chi connectivity index (χ2n) is 8.95. The molecule has 0 saturated carbocycles. The largest absolute Gasteiger partial charge is 0.480 e. The van der Waals surface area contributed by atoms with Crippen LogP contribution < -0.4 is 21.7 Å². The molecule has 2 aromatic rings. The average molecular weight is 545 g/mol. The quantitative estimate of drug-likeness (QED) is 0.188. The number of carbonyl (C=O) groups excluding carboxylic acids is 3. The van der Waals surface area contributed by atoms with Crippen LogP contribution in [0.5, 0.6) is 0 Å². The van der Waals surface area contributed by atoms with E-state index >= 15 is 0 Å². The lowest BCUT2D eigenvalue weighted by Crippen LogP contribution is -2.58. The fourth-order valence-electron chi connectivity index (χ4n) is 3.65. The molecule has 0 bridgehead atoms. The van der Waals surface area contributed by atoms with Gasteiger partial charge in [-0.15, -0.1) is 0 Å². The van der Waals surface area contributed by atoms with Crippen molar-refractivity contribution in [3.63, 3.8) is 0 Å². The number of benzene rings is 2. The number of aliphatic carboxylic acids is 1. The van der Waals surface area contributed by atoms with Crippen LogP contribution in [0, 0.1) is 0 Å². The van der Waals surface area contributed by atoms with Gasteiger partial charge in [0.15, 0.2) is 0 Å². The Balaban J connectivity index is 2.23. The summed E-state index contributed by atoms with van der Waals surface area (Å²) in [4.78, 5) is 50.9. The van der Waals surface area contributed by atoms with E-state index in [1.165, 1.54) is 18.7 Å². The highest BCUT2D eigenvalue weighted by Gasteiger charge is 2.31. The molecule has 0 aromatic heterocycles. The fraction of sp³-hybridized carbons (Fsp3) is 0.407. The van der Waals surface area contributed by atoms with Crippen molar-refractivity contribution in [2.24, 2.45) is 5.73 Å². The monoisotopic (exact) mass is 544 g/mol. The number of carbonyl (C=O) groups is 4. The topological polar surface area (TPSA) is 171 Å². The summed E-state index contributed by atoms with van der Waals surface area (Å²) in [5.74, 6) is -2.64. The molecule has 2 aromatic carbocycles. The molecule has 7 N–H and O–H groups in total. The van der Waals surface area contributed by atoms with Gasteiger partial charge >= 0.3 is 5.97 Å². The van der Waals surface area contributed by atoms with E-state index in [0.29, 0.717) is 5.75 Å². The first-order chi connectivity index (χ1) is 18.1. The molecule has 0 aliphatic rings. The highest BCUT2D eigenvalue weighted by Crippen LogP contribution is 2.09. The summed E-state index contributed by atoms with van der Waals surface area (Å²) < 4.78 is 0. The van der Waals surface area contributed by atoms with Crippen molar-refractivity contribution in [2.75, 3.05) is 12.0 Å². The van der Waals surface area contributed by atoms with Crippen LogP contribution in [0.25, 0.3) is 0 Å². The van der Waals surface area contributed by atoms with Gasteiger partial charge in [-0.25, -0.2) is 4.79 Å².